The van der Waals surface area contributed by atoms with Crippen LogP contribution >= 0.6 is 11.6 Å². The number of hydrogen-bond donors (Lipinski definition) is 0. The highest BCUT2D eigenvalue weighted by molar-refractivity contribution is 6.34. The Hall–Kier alpha value is -5.65. The van der Waals surface area contributed by atoms with E-state index in [1.54, 1.807) is 39.1 Å². The van der Waals surface area contributed by atoms with Crippen molar-refractivity contribution < 1.29 is 41.3 Å². The lowest BCUT2D eigenvalue weighted by molar-refractivity contribution is -0.139. The third kappa shape index (κ3) is 9.21. The summed E-state index contributed by atoms with van der Waals surface area (Å²) in [6.45, 7) is 3.22. The Labute approximate surface area is 386 Å². The normalized spacial score (nSPS) is 20.6. The second-order valence-electron chi connectivity index (χ2n) is 17.8. The third-order valence-electron chi connectivity index (χ3n) is 13.2. The van der Waals surface area contributed by atoms with Gasteiger partial charge in [0, 0.05) is 70.9 Å². The zero-order valence-electron chi connectivity index (χ0n) is 37.4. The van der Waals surface area contributed by atoms with E-state index in [9.17, 15) is 9.18 Å². The van der Waals surface area contributed by atoms with Gasteiger partial charge in [0.05, 0.1) is 61.0 Å². The fourth-order valence-electron chi connectivity index (χ4n) is 9.83. The van der Waals surface area contributed by atoms with Gasteiger partial charge in [-0.3, -0.25) is 14.4 Å². The topological polar surface area (TPSA) is 111 Å². The van der Waals surface area contributed by atoms with E-state index in [1.165, 1.54) is 11.0 Å². The second kappa shape index (κ2) is 18.6. The van der Waals surface area contributed by atoms with Crippen LogP contribution in [0.25, 0.3) is 0 Å². The predicted octanol–water partition coefficient (Wildman–Crippen LogP) is 8.45. The Morgan fingerprint density at radius 2 is 1.64 bits per heavy atom. The number of rotatable bonds is 13. The molecule has 5 aromatic rings. The first-order chi connectivity index (χ1) is 31.7. The summed E-state index contributed by atoms with van der Waals surface area (Å²) >= 11 is 6.87. The number of amides is 1. The lowest BCUT2D eigenvalue weighted by Gasteiger charge is -2.33. The molecule has 18 heteroatoms. The van der Waals surface area contributed by atoms with Crippen LogP contribution in [-0.4, -0.2) is 102 Å². The summed E-state index contributed by atoms with van der Waals surface area (Å²) in [7, 11) is 6.45. The van der Waals surface area contributed by atoms with E-state index in [0.717, 1.165) is 36.6 Å². The maximum Gasteiger partial charge on any atom is 0.416 e. The molecule has 9 rings (SSSR count). The van der Waals surface area contributed by atoms with E-state index in [0.29, 0.717) is 85.5 Å². The molecule has 2 aromatic heterocycles. The van der Waals surface area contributed by atoms with E-state index in [4.69, 9.17) is 40.5 Å². The minimum Gasteiger partial charge on any atom is -0.497 e. The molecule has 6 heterocycles. The number of carbonyl (C=O) groups is 1. The maximum atomic E-state index is 15.1. The van der Waals surface area contributed by atoms with Gasteiger partial charge in [-0.15, -0.1) is 0 Å². The van der Waals surface area contributed by atoms with Crippen molar-refractivity contribution in [3.63, 3.8) is 0 Å². The molecule has 1 amide bonds. The van der Waals surface area contributed by atoms with Crippen LogP contribution in [0.2, 0.25) is 5.02 Å². The molecule has 0 bridgehead atoms. The molecule has 350 valence electrons. The first kappa shape index (κ1) is 45.5. The number of fused-ring (bicyclic) bond motifs is 3. The first-order valence-electron chi connectivity index (χ1n) is 22.2. The Balaban J connectivity index is 1.08. The van der Waals surface area contributed by atoms with Gasteiger partial charge in [-0.2, -0.15) is 28.2 Å². The molecule has 4 aliphatic heterocycles. The third-order valence-corrected chi connectivity index (χ3v) is 13.6. The van der Waals surface area contributed by atoms with Gasteiger partial charge >= 0.3 is 12.2 Å². The van der Waals surface area contributed by atoms with Crippen molar-refractivity contribution in [2.24, 2.45) is 0 Å². The van der Waals surface area contributed by atoms with Gasteiger partial charge in [0.15, 0.2) is 5.69 Å². The summed E-state index contributed by atoms with van der Waals surface area (Å²) in [5, 5.41) is 4.81. The smallest absolute Gasteiger partial charge is 0.416 e. The number of aryl methyl sites for hydroxylation is 1. The average Bonchev–Trinajstić information content (AvgIpc) is 3.89. The van der Waals surface area contributed by atoms with E-state index < -0.39 is 29.6 Å². The Morgan fingerprint density at radius 1 is 0.939 bits per heavy atom. The minimum atomic E-state index is -4.69. The fraction of sp³-hybridized carbons (Fsp3) is 0.458. The molecular formula is C48H53ClF4N8O5. The Morgan fingerprint density at radius 3 is 2.29 bits per heavy atom. The van der Waals surface area contributed by atoms with Crippen molar-refractivity contribution in [1.82, 2.24) is 29.5 Å². The quantitative estimate of drug-likeness (QED) is 0.106. The number of methoxy groups -OCH3 is 2. The van der Waals surface area contributed by atoms with Crippen LogP contribution in [-0.2, 0) is 50.1 Å². The predicted molar refractivity (Wildman–Crippen MR) is 240 cm³/mol. The van der Waals surface area contributed by atoms with Gasteiger partial charge < -0.3 is 33.6 Å². The van der Waals surface area contributed by atoms with Crippen LogP contribution in [0.15, 0.2) is 66.7 Å². The van der Waals surface area contributed by atoms with Crippen molar-refractivity contribution in [3.05, 3.63) is 117 Å². The molecular weight excluding hydrogens is 880 g/mol. The monoisotopic (exact) mass is 932 g/mol. The molecule has 2 saturated heterocycles. The van der Waals surface area contributed by atoms with Crippen molar-refractivity contribution in [3.8, 4) is 17.5 Å². The van der Waals surface area contributed by atoms with Crippen LogP contribution in [0, 0.1) is 0 Å². The number of ether oxygens (including phenoxy) is 4. The van der Waals surface area contributed by atoms with Crippen molar-refractivity contribution in [2.75, 3.05) is 64.4 Å². The molecule has 13 nitrogen and oxygen atoms in total. The van der Waals surface area contributed by atoms with E-state index >= 15 is 13.2 Å². The molecule has 1 unspecified atom stereocenters. The first-order valence-corrected chi connectivity index (χ1v) is 22.6. The summed E-state index contributed by atoms with van der Waals surface area (Å²) in [6, 6.07) is 19.4. The number of aromatic nitrogens is 4. The largest absolute Gasteiger partial charge is 0.497 e. The number of hydrogen-bond acceptors (Lipinski definition) is 11. The minimum absolute atomic E-state index is 0.0114. The SMILES string of the molecule is COc1ccc(CN(Cc2ccc(OC)cc2)c2ccc(C(F)(F)F)c(C3Cc4nc(OC[C@@]56CCCN5C[C@H](F)C6)nc(N5CCCn6nc(C(=O)N(C)C)c(Cl)c6C5)c4CO3)c2)cc1. The van der Waals surface area contributed by atoms with Crippen LogP contribution in [0.1, 0.15) is 81.5 Å². The van der Waals surface area contributed by atoms with Gasteiger partial charge in [-0.05, 0) is 85.0 Å². The van der Waals surface area contributed by atoms with Gasteiger partial charge in [0.25, 0.3) is 5.91 Å². The number of anilines is 2. The molecule has 4 aliphatic rings. The summed E-state index contributed by atoms with van der Waals surface area (Å²) in [4.78, 5) is 30.5. The molecule has 0 spiro atoms. The summed E-state index contributed by atoms with van der Waals surface area (Å²) in [5.41, 5.74) is 3.00. The lowest BCUT2D eigenvalue weighted by atomic mass is 9.94. The molecule has 3 atom stereocenters. The highest BCUT2D eigenvalue weighted by Gasteiger charge is 2.49. The number of alkyl halides is 4. The lowest BCUT2D eigenvalue weighted by Crippen LogP contribution is -2.43. The molecule has 0 N–H and O–H groups in total. The average molecular weight is 933 g/mol. The van der Waals surface area contributed by atoms with Crippen LogP contribution < -0.4 is 24.0 Å². The van der Waals surface area contributed by atoms with Gasteiger partial charge in [-0.1, -0.05) is 35.9 Å². The highest BCUT2D eigenvalue weighted by atomic mass is 35.5. The highest BCUT2D eigenvalue weighted by Crippen LogP contribution is 2.44. The standard InChI is InChI=1S/C48H53ClF4N8O5/c1-57(2)45(62)43-42(49)40-27-58(18-6-20-61(40)56-43)44-37-28-65-41(22-39(37)54-46(55-44)66-29-47-17-5-19-60(47)26-32(50)23-47)36-21-33(11-16-38(36)48(51,52)53)59(24-30-7-12-34(63-3)13-8-30)25-31-9-14-35(64-4)15-10-31/h7-16,21,32,41H,5-6,17-20,22-29H2,1-4H3/t32-,41?,47+/m1/s1. The summed E-state index contributed by atoms with van der Waals surface area (Å²) < 4.78 is 85.5. The molecule has 0 saturated carbocycles. The maximum absolute atomic E-state index is 15.1. The fourth-order valence-corrected chi connectivity index (χ4v) is 10.1. The molecule has 0 aliphatic carbocycles. The zero-order chi connectivity index (χ0) is 46.3. The Bertz CT molecular complexity index is 2510. The molecule has 66 heavy (non-hydrogen) atoms. The molecule has 2 fully saturated rings. The number of nitrogens with zero attached hydrogens (tertiary/aromatic N) is 8. The van der Waals surface area contributed by atoms with Crippen molar-refractivity contribution in [2.45, 2.75) is 88.9 Å². The number of benzene rings is 3. The molecule has 0 radical (unpaired) electrons. The number of carbonyl (C=O) groups excluding carboxylic acids is 1. The Kier molecular flexibility index (Phi) is 12.8. The van der Waals surface area contributed by atoms with Crippen LogP contribution in [0.4, 0.5) is 29.1 Å². The van der Waals surface area contributed by atoms with Gasteiger partial charge in [-0.25, -0.2) is 4.39 Å². The summed E-state index contributed by atoms with van der Waals surface area (Å²) in [5.74, 6) is 1.55. The van der Waals surface area contributed by atoms with Crippen molar-refractivity contribution >= 4 is 29.0 Å². The van der Waals surface area contributed by atoms with Gasteiger partial charge in [0.1, 0.15) is 30.1 Å². The summed E-state index contributed by atoms with van der Waals surface area (Å²) in [6.07, 6.45) is -4.05. The van der Waals surface area contributed by atoms with E-state index in [-0.39, 0.29) is 54.4 Å². The van der Waals surface area contributed by atoms with E-state index in [1.807, 2.05) is 58.3 Å². The van der Waals surface area contributed by atoms with Gasteiger partial charge in [0.2, 0.25) is 0 Å². The number of halogens is 5. The van der Waals surface area contributed by atoms with E-state index in [2.05, 4.69) is 10.00 Å². The van der Waals surface area contributed by atoms with Crippen LogP contribution in [0.5, 0.6) is 17.5 Å². The second-order valence-corrected chi connectivity index (χ2v) is 18.1. The van der Waals surface area contributed by atoms with Crippen molar-refractivity contribution in [1.29, 1.82) is 0 Å². The molecule has 3 aromatic carbocycles. The van der Waals surface area contributed by atoms with Crippen LogP contribution in [0.3, 0.4) is 0 Å². The zero-order valence-corrected chi connectivity index (χ0v) is 38.2.